The normalized spacial score (nSPS) is 21.0. The fourth-order valence-electron chi connectivity index (χ4n) is 8.51. The molecule has 0 saturated carbocycles. The molecule has 0 spiro atoms. The van der Waals surface area contributed by atoms with Gasteiger partial charge in [-0.1, -0.05) is 22.0 Å². The number of halogens is 1. The number of anilines is 1. The first kappa shape index (κ1) is 43.8. The number of amides is 2. The zero-order valence-corrected chi connectivity index (χ0v) is 37.6. The number of piperazine rings is 2. The van der Waals surface area contributed by atoms with Crippen LogP contribution in [-0.4, -0.2) is 119 Å². The summed E-state index contributed by atoms with van der Waals surface area (Å²) in [5.74, 6) is -0.627. The van der Waals surface area contributed by atoms with Crippen LogP contribution in [0.4, 0.5) is 15.3 Å². The van der Waals surface area contributed by atoms with E-state index in [4.69, 9.17) is 18.9 Å². The van der Waals surface area contributed by atoms with Crippen molar-refractivity contribution in [3.8, 4) is 0 Å². The standard InChI is InChI=1S/C22H29N3O4.C11H10BrNO2.C11H20N2O2/c1-22(2,3)29-21(27)24-11-15-6-7-16(12-24)25(15)14-8-9-17-18(20(26)28-5)13-23(4)19(17)10-14;1-13-6-9(11(14)15-2)8-4-3-7(12)5-10(8)13;1-11(2,3)15-10(14)13-6-8-4-5-9(7-13)12-8/h8-10,13,15-16H,6-7,11-12H2,1-5H3;3-6H,1-2H3;8-9,12H,4-7H2,1-3H3. The summed E-state index contributed by atoms with van der Waals surface area (Å²) in [4.78, 5) is 54.0. The molecule has 59 heavy (non-hydrogen) atoms. The molecule has 15 heteroatoms. The number of nitrogens with one attached hydrogen (secondary N) is 1. The monoisotopic (exact) mass is 878 g/mol. The second-order valence-corrected chi connectivity index (χ2v) is 18.8. The Morgan fingerprint density at radius 1 is 0.644 bits per heavy atom. The number of carbonyl (C=O) groups is 4. The van der Waals surface area contributed by atoms with Gasteiger partial charge in [0.2, 0.25) is 0 Å². The topological polar surface area (TPSA) is 137 Å². The van der Waals surface area contributed by atoms with Gasteiger partial charge in [-0.05, 0) is 97.6 Å². The highest BCUT2D eigenvalue weighted by Gasteiger charge is 2.43. The molecule has 4 saturated heterocycles. The number of aryl methyl sites for hydroxylation is 2. The molecule has 4 aliphatic rings. The van der Waals surface area contributed by atoms with Crippen molar-refractivity contribution in [2.24, 2.45) is 14.1 Å². The average Bonchev–Trinajstić information content (AvgIpc) is 3.88. The largest absolute Gasteiger partial charge is 0.465 e. The predicted octanol–water partition coefficient (Wildman–Crippen LogP) is 7.64. The lowest BCUT2D eigenvalue weighted by molar-refractivity contribution is 0.0185. The van der Waals surface area contributed by atoms with Gasteiger partial charge in [-0.15, -0.1) is 0 Å². The summed E-state index contributed by atoms with van der Waals surface area (Å²) < 4.78 is 25.4. The van der Waals surface area contributed by atoms with E-state index >= 15 is 0 Å². The van der Waals surface area contributed by atoms with Crippen LogP contribution in [0.1, 0.15) is 87.9 Å². The van der Waals surface area contributed by atoms with E-state index in [-0.39, 0.29) is 41.8 Å². The Bertz CT molecular complexity index is 2180. The molecule has 0 radical (unpaired) electrons. The van der Waals surface area contributed by atoms with Crippen LogP contribution in [0, 0.1) is 0 Å². The van der Waals surface area contributed by atoms with Gasteiger partial charge in [-0.25, -0.2) is 19.2 Å². The number of hydrogen-bond acceptors (Lipinski definition) is 10. The fraction of sp³-hybridized carbons (Fsp3) is 0.545. The smallest absolute Gasteiger partial charge is 0.410 e. The summed E-state index contributed by atoms with van der Waals surface area (Å²) in [5, 5.41) is 5.29. The third-order valence-electron chi connectivity index (χ3n) is 11.0. The molecule has 4 aliphatic heterocycles. The molecule has 320 valence electrons. The molecule has 2 aromatic heterocycles. The fourth-order valence-corrected chi connectivity index (χ4v) is 8.86. The second kappa shape index (κ2) is 17.5. The quantitative estimate of drug-likeness (QED) is 0.162. The minimum absolute atomic E-state index is 0.166. The average molecular weight is 880 g/mol. The number of benzene rings is 2. The lowest BCUT2D eigenvalue weighted by Gasteiger charge is -2.42. The maximum Gasteiger partial charge on any atom is 0.410 e. The van der Waals surface area contributed by atoms with Crippen LogP contribution in [0.2, 0.25) is 0 Å². The zero-order chi connectivity index (χ0) is 43.0. The summed E-state index contributed by atoms with van der Waals surface area (Å²) in [6, 6.07) is 13.5. The molecule has 4 aromatic rings. The molecule has 4 atom stereocenters. The number of ether oxygens (including phenoxy) is 4. The van der Waals surface area contributed by atoms with Gasteiger partial charge < -0.3 is 48.1 Å². The van der Waals surface area contributed by atoms with E-state index < -0.39 is 5.60 Å². The van der Waals surface area contributed by atoms with Crippen LogP contribution in [-0.2, 0) is 33.0 Å². The molecule has 6 heterocycles. The maximum absolute atomic E-state index is 12.5. The van der Waals surface area contributed by atoms with Crippen molar-refractivity contribution in [1.29, 1.82) is 0 Å². The number of hydrogen-bond donors (Lipinski definition) is 1. The van der Waals surface area contributed by atoms with E-state index in [1.165, 1.54) is 27.1 Å². The minimum atomic E-state index is -0.484. The summed E-state index contributed by atoms with van der Waals surface area (Å²) in [6.45, 7) is 14.3. The molecule has 4 unspecified atom stereocenters. The van der Waals surface area contributed by atoms with Gasteiger partial charge >= 0.3 is 24.1 Å². The molecule has 0 aliphatic carbocycles. The Hall–Kier alpha value is -4.76. The number of methoxy groups -OCH3 is 2. The number of likely N-dealkylation sites (tertiary alicyclic amines) is 2. The minimum Gasteiger partial charge on any atom is -0.465 e. The van der Waals surface area contributed by atoms with E-state index in [0.29, 0.717) is 36.3 Å². The van der Waals surface area contributed by atoms with Gasteiger partial charge in [0.1, 0.15) is 11.2 Å². The first-order chi connectivity index (χ1) is 27.7. The van der Waals surface area contributed by atoms with Crippen LogP contribution in [0.5, 0.6) is 0 Å². The predicted molar refractivity (Wildman–Crippen MR) is 231 cm³/mol. The van der Waals surface area contributed by atoms with Crippen LogP contribution in [0.3, 0.4) is 0 Å². The SMILES string of the molecule is CC(C)(C)OC(=O)N1CC2CCC(C1)N2.COC(=O)c1cn(C)c2cc(Br)ccc12.COC(=O)c1cn(C)c2cc(N3C4CCC3CN(C(=O)OC(C)(C)C)C4)ccc12. The van der Waals surface area contributed by atoms with Crippen LogP contribution in [0.25, 0.3) is 21.8 Å². The van der Waals surface area contributed by atoms with Crippen LogP contribution >= 0.6 is 15.9 Å². The van der Waals surface area contributed by atoms with Gasteiger partial charge in [0, 0.05) is 103 Å². The van der Waals surface area contributed by atoms with Crippen molar-refractivity contribution in [1.82, 2.24) is 24.3 Å². The van der Waals surface area contributed by atoms with E-state index in [1.54, 1.807) is 6.20 Å². The maximum atomic E-state index is 12.5. The van der Waals surface area contributed by atoms with E-state index in [1.807, 2.05) is 105 Å². The molecule has 2 amide bonds. The molecule has 1 N–H and O–H groups in total. The Labute approximate surface area is 355 Å². The lowest BCUT2D eigenvalue weighted by Crippen LogP contribution is -2.56. The van der Waals surface area contributed by atoms with Gasteiger partial charge in [0.25, 0.3) is 0 Å². The number of fused-ring (bicyclic) bond motifs is 6. The number of nitrogens with zero attached hydrogens (tertiary/aromatic N) is 5. The highest BCUT2D eigenvalue weighted by atomic mass is 79.9. The van der Waals surface area contributed by atoms with Crippen molar-refractivity contribution in [2.45, 2.75) is 103 Å². The summed E-state index contributed by atoms with van der Waals surface area (Å²) in [5.41, 5.74) is 3.44. The third kappa shape index (κ3) is 10.2. The molecule has 14 nitrogen and oxygen atoms in total. The Kier molecular flexibility index (Phi) is 13.0. The van der Waals surface area contributed by atoms with Crippen molar-refractivity contribution in [3.05, 3.63) is 64.4 Å². The zero-order valence-electron chi connectivity index (χ0n) is 36.0. The molecule has 8 rings (SSSR count). The van der Waals surface area contributed by atoms with Gasteiger partial charge in [-0.3, -0.25) is 0 Å². The molecule has 4 fully saturated rings. The van der Waals surface area contributed by atoms with Crippen molar-refractivity contribution in [2.75, 3.05) is 45.3 Å². The number of esters is 2. The van der Waals surface area contributed by atoms with E-state index in [0.717, 1.165) is 57.9 Å². The van der Waals surface area contributed by atoms with Crippen molar-refractivity contribution >= 4 is 67.5 Å². The Morgan fingerprint density at radius 2 is 1.08 bits per heavy atom. The highest BCUT2D eigenvalue weighted by molar-refractivity contribution is 9.10. The second-order valence-electron chi connectivity index (χ2n) is 17.9. The number of rotatable bonds is 3. The summed E-state index contributed by atoms with van der Waals surface area (Å²) >= 11 is 3.40. The molecule has 4 bridgehead atoms. The van der Waals surface area contributed by atoms with E-state index in [9.17, 15) is 19.2 Å². The van der Waals surface area contributed by atoms with E-state index in [2.05, 4.69) is 38.3 Å². The van der Waals surface area contributed by atoms with Gasteiger partial charge in [0.15, 0.2) is 0 Å². The summed E-state index contributed by atoms with van der Waals surface area (Å²) in [6.07, 6.45) is 7.69. The van der Waals surface area contributed by atoms with Gasteiger partial charge in [-0.2, -0.15) is 0 Å². The highest BCUT2D eigenvalue weighted by Crippen LogP contribution is 2.37. The van der Waals surface area contributed by atoms with Crippen molar-refractivity contribution < 1.29 is 38.1 Å². The molecular weight excluding hydrogens is 820 g/mol. The van der Waals surface area contributed by atoms with Gasteiger partial charge in [0.05, 0.1) is 30.9 Å². The Morgan fingerprint density at radius 3 is 1.54 bits per heavy atom. The van der Waals surface area contributed by atoms with Crippen LogP contribution < -0.4 is 10.2 Å². The molecular formula is C44H59BrN6O8. The van der Waals surface area contributed by atoms with Crippen LogP contribution in [0.15, 0.2) is 53.3 Å². The molecule has 2 aromatic carbocycles. The third-order valence-corrected chi connectivity index (χ3v) is 11.5. The first-order valence-electron chi connectivity index (χ1n) is 20.3. The summed E-state index contributed by atoms with van der Waals surface area (Å²) in [7, 11) is 6.63. The number of aromatic nitrogens is 2. The number of carbonyl (C=O) groups excluding carboxylic acids is 4. The van der Waals surface area contributed by atoms with Crippen molar-refractivity contribution in [3.63, 3.8) is 0 Å². The Balaban J connectivity index is 0.000000164. The lowest BCUT2D eigenvalue weighted by atomic mass is 10.1. The first-order valence-corrected chi connectivity index (χ1v) is 21.0.